The Hall–Kier alpha value is -1.06. The van der Waals surface area contributed by atoms with E-state index in [1.165, 1.54) is 32.1 Å². The maximum Gasteiger partial charge on any atom is 0.253 e. The lowest BCUT2D eigenvalue weighted by molar-refractivity contribution is 0.0464. The predicted molar refractivity (Wildman–Crippen MR) is 88.0 cm³/mol. The average molecular weight is 322 g/mol. The van der Waals surface area contributed by atoms with E-state index in [9.17, 15) is 9.90 Å². The van der Waals surface area contributed by atoms with Gasteiger partial charge < -0.3 is 10.0 Å². The number of hydrogen-bond acceptors (Lipinski definition) is 2. The van der Waals surface area contributed by atoms with Gasteiger partial charge in [-0.05, 0) is 61.3 Å². The summed E-state index contributed by atoms with van der Waals surface area (Å²) in [5.74, 6) is 2.24. The smallest absolute Gasteiger partial charge is 0.253 e. The number of rotatable bonds is 5. The minimum atomic E-state index is 0.00663. The summed E-state index contributed by atoms with van der Waals surface area (Å²) in [7, 11) is 0. The standard InChI is InChI=1S/C18H24ClNO2/c19-17-7-5-15(6-8-17)18(22)20(9-10-21)12-16-11-13-1-3-14(16)4-2-13/h5-8,13-14,16,21H,1-4,9-12H2. The van der Waals surface area contributed by atoms with Crippen molar-refractivity contribution in [2.45, 2.75) is 32.1 Å². The third-order valence-corrected chi connectivity index (χ3v) is 5.65. The molecule has 3 nitrogen and oxygen atoms in total. The van der Waals surface area contributed by atoms with Gasteiger partial charge in [-0.3, -0.25) is 4.79 Å². The zero-order valence-corrected chi connectivity index (χ0v) is 13.6. The van der Waals surface area contributed by atoms with Crippen LogP contribution in [0.2, 0.25) is 5.02 Å². The van der Waals surface area contributed by atoms with Crippen LogP contribution in [0.25, 0.3) is 0 Å². The van der Waals surface area contributed by atoms with Crippen molar-refractivity contribution in [2.24, 2.45) is 17.8 Å². The third kappa shape index (κ3) is 3.47. The Morgan fingerprint density at radius 2 is 1.86 bits per heavy atom. The van der Waals surface area contributed by atoms with Gasteiger partial charge in [-0.2, -0.15) is 0 Å². The van der Waals surface area contributed by atoms with Gasteiger partial charge in [0, 0.05) is 23.7 Å². The molecule has 1 N–H and O–H groups in total. The van der Waals surface area contributed by atoms with E-state index in [0.717, 1.165) is 18.4 Å². The van der Waals surface area contributed by atoms with Crippen LogP contribution < -0.4 is 0 Å². The molecule has 4 rings (SSSR count). The number of carbonyl (C=O) groups excluding carboxylic acids is 1. The number of benzene rings is 1. The number of fused-ring (bicyclic) bond motifs is 3. The SMILES string of the molecule is O=C(c1ccc(Cl)cc1)N(CCO)CC1CC2CCC1CC2. The molecule has 22 heavy (non-hydrogen) atoms. The van der Waals surface area contributed by atoms with Crippen LogP contribution in [0.5, 0.6) is 0 Å². The molecule has 1 aromatic carbocycles. The van der Waals surface area contributed by atoms with E-state index < -0.39 is 0 Å². The van der Waals surface area contributed by atoms with Gasteiger partial charge >= 0.3 is 0 Å². The Morgan fingerprint density at radius 1 is 1.18 bits per heavy atom. The highest BCUT2D eigenvalue weighted by Gasteiger charge is 2.36. The monoisotopic (exact) mass is 321 g/mol. The Balaban J connectivity index is 1.69. The van der Waals surface area contributed by atoms with Crippen LogP contribution in [0, 0.1) is 17.8 Å². The molecular weight excluding hydrogens is 298 g/mol. The Morgan fingerprint density at radius 3 is 2.41 bits per heavy atom. The summed E-state index contributed by atoms with van der Waals surface area (Å²) < 4.78 is 0. The normalized spacial score (nSPS) is 26.9. The van der Waals surface area contributed by atoms with Crippen molar-refractivity contribution in [3.8, 4) is 0 Å². The van der Waals surface area contributed by atoms with E-state index in [-0.39, 0.29) is 12.5 Å². The van der Waals surface area contributed by atoms with E-state index in [0.29, 0.717) is 23.0 Å². The summed E-state index contributed by atoms with van der Waals surface area (Å²) in [6.45, 7) is 1.21. The number of nitrogens with zero attached hydrogens (tertiary/aromatic N) is 1. The molecule has 2 bridgehead atoms. The summed E-state index contributed by atoms with van der Waals surface area (Å²) in [5, 5.41) is 9.96. The number of hydrogen-bond donors (Lipinski definition) is 1. The molecule has 0 radical (unpaired) electrons. The van der Waals surface area contributed by atoms with Crippen molar-refractivity contribution in [2.75, 3.05) is 19.7 Å². The first-order valence-electron chi connectivity index (χ1n) is 8.33. The minimum Gasteiger partial charge on any atom is -0.395 e. The lowest BCUT2D eigenvalue weighted by Gasteiger charge is -2.44. The van der Waals surface area contributed by atoms with E-state index in [2.05, 4.69) is 0 Å². The van der Waals surface area contributed by atoms with Crippen LogP contribution >= 0.6 is 11.6 Å². The molecule has 3 fully saturated rings. The Bertz CT molecular complexity index is 508. The van der Waals surface area contributed by atoms with Gasteiger partial charge in [-0.25, -0.2) is 0 Å². The second kappa shape index (κ2) is 7.01. The van der Waals surface area contributed by atoms with Crippen LogP contribution in [-0.2, 0) is 0 Å². The maximum absolute atomic E-state index is 12.7. The van der Waals surface area contributed by atoms with Crippen molar-refractivity contribution in [3.63, 3.8) is 0 Å². The van der Waals surface area contributed by atoms with Crippen molar-refractivity contribution in [1.82, 2.24) is 4.90 Å². The molecule has 1 unspecified atom stereocenters. The van der Waals surface area contributed by atoms with Gasteiger partial charge in [0.05, 0.1) is 6.61 Å². The lowest BCUT2D eigenvalue weighted by atomic mass is 9.64. The highest BCUT2D eigenvalue weighted by atomic mass is 35.5. The van der Waals surface area contributed by atoms with Crippen molar-refractivity contribution in [3.05, 3.63) is 34.9 Å². The number of aliphatic hydroxyl groups excluding tert-OH is 1. The average Bonchev–Trinajstić information content (AvgIpc) is 2.56. The first kappa shape index (κ1) is 15.8. The molecule has 3 saturated carbocycles. The van der Waals surface area contributed by atoms with Gasteiger partial charge in [0.25, 0.3) is 5.91 Å². The summed E-state index contributed by atoms with van der Waals surface area (Å²) in [6.07, 6.45) is 6.62. The Labute approximate surface area is 137 Å². The summed E-state index contributed by atoms with van der Waals surface area (Å²) >= 11 is 5.89. The minimum absolute atomic E-state index is 0.00663. The molecule has 1 aromatic rings. The highest BCUT2D eigenvalue weighted by Crippen LogP contribution is 2.45. The molecule has 3 aliphatic carbocycles. The van der Waals surface area contributed by atoms with Crippen molar-refractivity contribution < 1.29 is 9.90 Å². The number of carbonyl (C=O) groups is 1. The van der Waals surface area contributed by atoms with E-state index >= 15 is 0 Å². The van der Waals surface area contributed by atoms with Gasteiger partial charge in [-0.15, -0.1) is 0 Å². The number of amides is 1. The molecular formula is C18H24ClNO2. The zero-order valence-electron chi connectivity index (χ0n) is 12.9. The van der Waals surface area contributed by atoms with Gasteiger partial charge in [0.15, 0.2) is 0 Å². The predicted octanol–water partition coefficient (Wildman–Crippen LogP) is 3.60. The molecule has 1 amide bonds. The third-order valence-electron chi connectivity index (χ3n) is 5.40. The first-order valence-corrected chi connectivity index (χ1v) is 8.71. The largest absolute Gasteiger partial charge is 0.395 e. The van der Waals surface area contributed by atoms with E-state index in [4.69, 9.17) is 11.6 Å². The molecule has 0 spiro atoms. The quantitative estimate of drug-likeness (QED) is 0.900. The van der Waals surface area contributed by atoms with Crippen molar-refractivity contribution >= 4 is 17.5 Å². The second-order valence-electron chi connectivity index (χ2n) is 6.76. The van der Waals surface area contributed by atoms with Crippen LogP contribution in [0.1, 0.15) is 42.5 Å². The zero-order chi connectivity index (χ0) is 15.5. The summed E-state index contributed by atoms with van der Waals surface area (Å²) in [6, 6.07) is 7.02. The molecule has 0 heterocycles. The number of aliphatic hydroxyl groups is 1. The lowest BCUT2D eigenvalue weighted by Crippen LogP contribution is -2.43. The van der Waals surface area contributed by atoms with Gasteiger partial charge in [0.1, 0.15) is 0 Å². The molecule has 0 aliphatic heterocycles. The summed E-state index contributed by atoms with van der Waals surface area (Å²) in [5.41, 5.74) is 0.652. The van der Waals surface area contributed by atoms with Crippen molar-refractivity contribution in [1.29, 1.82) is 0 Å². The Kier molecular flexibility index (Phi) is 5.04. The summed E-state index contributed by atoms with van der Waals surface area (Å²) in [4.78, 5) is 14.5. The van der Waals surface area contributed by atoms with Crippen LogP contribution in [0.4, 0.5) is 0 Å². The second-order valence-corrected chi connectivity index (χ2v) is 7.19. The molecule has 0 saturated heterocycles. The first-order chi connectivity index (χ1) is 10.7. The topological polar surface area (TPSA) is 40.5 Å². The van der Waals surface area contributed by atoms with Crippen LogP contribution in [0.15, 0.2) is 24.3 Å². The fraction of sp³-hybridized carbons (Fsp3) is 0.611. The maximum atomic E-state index is 12.7. The van der Waals surface area contributed by atoms with Gasteiger partial charge in [0.2, 0.25) is 0 Å². The van der Waals surface area contributed by atoms with Crippen LogP contribution in [-0.4, -0.2) is 35.6 Å². The molecule has 120 valence electrons. The number of halogens is 1. The van der Waals surface area contributed by atoms with Gasteiger partial charge in [-0.1, -0.05) is 24.4 Å². The molecule has 1 atom stereocenters. The molecule has 3 aliphatic rings. The van der Waals surface area contributed by atoms with E-state index in [1.807, 2.05) is 4.90 Å². The highest BCUT2D eigenvalue weighted by molar-refractivity contribution is 6.30. The van der Waals surface area contributed by atoms with Crippen LogP contribution in [0.3, 0.4) is 0 Å². The molecule has 4 heteroatoms. The fourth-order valence-electron chi connectivity index (χ4n) is 4.19. The fourth-order valence-corrected chi connectivity index (χ4v) is 4.32. The molecule has 0 aromatic heterocycles. The van der Waals surface area contributed by atoms with E-state index in [1.54, 1.807) is 24.3 Å².